The average Bonchev–Trinajstić information content (AvgIpc) is 3.41. The number of likely N-dealkylation sites (tertiary alicyclic amines) is 1. The lowest BCUT2D eigenvalue weighted by molar-refractivity contribution is -0.129. The number of rotatable bonds is 5. The molecular formula is C23H22FN5OS2. The van der Waals surface area contributed by atoms with Gasteiger partial charge < -0.3 is 9.47 Å². The SMILES string of the molecule is Cn1c(SCC(=O)N2CCC(c3nc4ccccc4s3)CC2)nnc1-c1ccccc1F. The maximum Gasteiger partial charge on any atom is 0.233 e. The Bertz CT molecular complexity index is 1230. The van der Waals surface area contributed by atoms with Crippen molar-refractivity contribution in [2.75, 3.05) is 18.8 Å². The number of piperidine rings is 1. The number of fused-ring (bicyclic) bond motifs is 1. The van der Waals surface area contributed by atoms with E-state index in [1.165, 1.54) is 27.5 Å². The van der Waals surface area contributed by atoms with Crippen LogP contribution in [0.15, 0.2) is 53.7 Å². The van der Waals surface area contributed by atoms with Gasteiger partial charge >= 0.3 is 0 Å². The summed E-state index contributed by atoms with van der Waals surface area (Å²) in [6, 6.07) is 14.7. The van der Waals surface area contributed by atoms with Crippen molar-refractivity contribution in [2.24, 2.45) is 7.05 Å². The van der Waals surface area contributed by atoms with Crippen LogP contribution in [0.4, 0.5) is 4.39 Å². The molecule has 1 saturated heterocycles. The van der Waals surface area contributed by atoms with Gasteiger partial charge in [-0.3, -0.25) is 4.79 Å². The molecule has 1 fully saturated rings. The summed E-state index contributed by atoms with van der Waals surface area (Å²) in [5.41, 5.74) is 1.46. The van der Waals surface area contributed by atoms with Gasteiger partial charge in [-0.15, -0.1) is 21.5 Å². The summed E-state index contributed by atoms with van der Waals surface area (Å²) in [5.74, 6) is 0.899. The predicted molar refractivity (Wildman–Crippen MR) is 125 cm³/mol. The van der Waals surface area contributed by atoms with Gasteiger partial charge in [0.25, 0.3) is 0 Å². The number of nitrogens with zero attached hydrogens (tertiary/aromatic N) is 5. The molecule has 3 heterocycles. The zero-order chi connectivity index (χ0) is 22.1. The summed E-state index contributed by atoms with van der Waals surface area (Å²) in [7, 11) is 1.79. The van der Waals surface area contributed by atoms with Gasteiger partial charge in [-0.2, -0.15) is 0 Å². The molecule has 5 rings (SSSR count). The molecule has 2 aromatic heterocycles. The third-order valence-corrected chi connectivity index (χ3v) is 7.99. The van der Waals surface area contributed by atoms with Crippen LogP contribution < -0.4 is 0 Å². The Kier molecular flexibility index (Phi) is 5.93. The van der Waals surface area contributed by atoms with Gasteiger partial charge in [0.1, 0.15) is 5.82 Å². The molecule has 164 valence electrons. The minimum absolute atomic E-state index is 0.0909. The van der Waals surface area contributed by atoms with Gasteiger partial charge in [0.05, 0.1) is 26.5 Å². The van der Waals surface area contributed by atoms with E-state index >= 15 is 0 Å². The van der Waals surface area contributed by atoms with E-state index in [-0.39, 0.29) is 17.5 Å². The van der Waals surface area contributed by atoms with Crippen LogP contribution in [-0.4, -0.2) is 49.4 Å². The summed E-state index contributed by atoms with van der Waals surface area (Å²) in [6.45, 7) is 1.47. The van der Waals surface area contributed by atoms with Crippen molar-refractivity contribution in [3.05, 3.63) is 59.4 Å². The number of hydrogen-bond donors (Lipinski definition) is 0. The standard InChI is InChI=1S/C23H22FN5OS2/c1-28-21(16-6-2-3-7-17(16)24)26-27-23(28)31-14-20(30)29-12-10-15(11-13-29)22-25-18-8-4-5-9-19(18)32-22/h2-9,15H,10-14H2,1H3. The van der Waals surface area contributed by atoms with Gasteiger partial charge in [0.15, 0.2) is 11.0 Å². The third-order valence-electron chi connectivity index (χ3n) is 5.78. The number of aromatic nitrogens is 4. The summed E-state index contributed by atoms with van der Waals surface area (Å²) < 4.78 is 17.0. The number of benzene rings is 2. The van der Waals surface area contributed by atoms with E-state index in [9.17, 15) is 9.18 Å². The van der Waals surface area contributed by atoms with Gasteiger partial charge in [-0.05, 0) is 37.1 Å². The van der Waals surface area contributed by atoms with Crippen molar-refractivity contribution >= 4 is 39.2 Å². The highest BCUT2D eigenvalue weighted by molar-refractivity contribution is 7.99. The number of amides is 1. The molecule has 1 aliphatic rings. The van der Waals surface area contributed by atoms with E-state index < -0.39 is 0 Å². The molecule has 2 aromatic carbocycles. The number of thiazole rings is 1. The van der Waals surface area contributed by atoms with Gasteiger partial charge in [0.2, 0.25) is 5.91 Å². The molecule has 6 nitrogen and oxygen atoms in total. The van der Waals surface area contributed by atoms with Crippen LogP contribution in [0.2, 0.25) is 0 Å². The fraction of sp³-hybridized carbons (Fsp3) is 0.304. The normalized spacial score (nSPS) is 14.9. The first kappa shape index (κ1) is 21.1. The molecule has 0 unspecified atom stereocenters. The highest BCUT2D eigenvalue weighted by atomic mass is 32.2. The molecule has 1 amide bonds. The molecule has 0 atom stereocenters. The first-order valence-corrected chi connectivity index (χ1v) is 12.3. The van der Waals surface area contributed by atoms with Crippen molar-refractivity contribution in [1.82, 2.24) is 24.6 Å². The minimum Gasteiger partial charge on any atom is -0.342 e. The first-order valence-electron chi connectivity index (χ1n) is 10.5. The Balaban J connectivity index is 1.18. The molecule has 1 aliphatic heterocycles. The summed E-state index contributed by atoms with van der Waals surface area (Å²) >= 11 is 3.10. The third kappa shape index (κ3) is 4.14. The second-order valence-corrected chi connectivity index (χ2v) is 9.81. The number of thioether (sulfide) groups is 1. The highest BCUT2D eigenvalue weighted by Crippen LogP contribution is 2.34. The smallest absolute Gasteiger partial charge is 0.233 e. The van der Waals surface area contributed by atoms with Crippen LogP contribution in [0.25, 0.3) is 21.6 Å². The van der Waals surface area contributed by atoms with E-state index in [0.717, 1.165) is 31.4 Å². The molecule has 0 radical (unpaired) electrons. The lowest BCUT2D eigenvalue weighted by atomic mass is 9.97. The van der Waals surface area contributed by atoms with E-state index in [4.69, 9.17) is 4.98 Å². The number of para-hydroxylation sites is 1. The lowest BCUT2D eigenvalue weighted by Crippen LogP contribution is -2.39. The van der Waals surface area contributed by atoms with Crippen molar-refractivity contribution < 1.29 is 9.18 Å². The molecule has 32 heavy (non-hydrogen) atoms. The summed E-state index contributed by atoms with van der Waals surface area (Å²) in [6.07, 6.45) is 1.86. The Hall–Kier alpha value is -2.78. The fourth-order valence-corrected chi connectivity index (χ4v) is 5.93. The largest absolute Gasteiger partial charge is 0.342 e. The maximum atomic E-state index is 14.1. The molecule has 0 saturated carbocycles. The molecular weight excluding hydrogens is 445 g/mol. The van der Waals surface area contributed by atoms with Crippen LogP contribution in [-0.2, 0) is 11.8 Å². The highest BCUT2D eigenvalue weighted by Gasteiger charge is 2.26. The fourth-order valence-electron chi connectivity index (χ4n) is 3.98. The van der Waals surface area contributed by atoms with E-state index in [0.29, 0.717) is 22.5 Å². The molecule has 0 N–H and O–H groups in total. The minimum atomic E-state index is -0.341. The monoisotopic (exact) mass is 467 g/mol. The number of hydrogen-bond acceptors (Lipinski definition) is 6. The van der Waals surface area contributed by atoms with Crippen LogP contribution in [0, 0.1) is 5.82 Å². The van der Waals surface area contributed by atoms with Crippen LogP contribution in [0.5, 0.6) is 0 Å². The lowest BCUT2D eigenvalue weighted by Gasteiger charge is -2.31. The van der Waals surface area contributed by atoms with Crippen molar-refractivity contribution in [3.63, 3.8) is 0 Å². The van der Waals surface area contributed by atoms with Crippen molar-refractivity contribution in [1.29, 1.82) is 0 Å². The molecule has 9 heteroatoms. The second kappa shape index (κ2) is 8.99. The molecule has 4 aromatic rings. The zero-order valence-corrected chi connectivity index (χ0v) is 19.2. The maximum absolute atomic E-state index is 14.1. The van der Waals surface area contributed by atoms with Crippen LogP contribution >= 0.6 is 23.1 Å². The van der Waals surface area contributed by atoms with E-state index in [1.54, 1.807) is 41.2 Å². The first-order chi connectivity index (χ1) is 15.6. The molecule has 0 spiro atoms. The number of carbonyl (C=O) groups excluding carboxylic acids is 1. The Morgan fingerprint density at radius 3 is 2.66 bits per heavy atom. The van der Waals surface area contributed by atoms with E-state index in [1.807, 2.05) is 17.0 Å². The Morgan fingerprint density at radius 1 is 1.12 bits per heavy atom. The Labute approximate surface area is 193 Å². The summed E-state index contributed by atoms with van der Waals surface area (Å²) in [4.78, 5) is 19.5. The predicted octanol–water partition coefficient (Wildman–Crippen LogP) is 4.73. The summed E-state index contributed by atoms with van der Waals surface area (Å²) in [5, 5.41) is 10.0. The number of halogens is 1. The average molecular weight is 468 g/mol. The van der Waals surface area contributed by atoms with E-state index in [2.05, 4.69) is 22.3 Å². The quantitative estimate of drug-likeness (QED) is 0.397. The molecule has 0 bridgehead atoms. The molecule has 0 aliphatic carbocycles. The topological polar surface area (TPSA) is 63.9 Å². The van der Waals surface area contributed by atoms with Gasteiger partial charge in [-0.25, -0.2) is 9.37 Å². The number of carbonyl (C=O) groups is 1. The van der Waals surface area contributed by atoms with Crippen LogP contribution in [0.3, 0.4) is 0 Å². The van der Waals surface area contributed by atoms with Crippen molar-refractivity contribution in [3.8, 4) is 11.4 Å². The zero-order valence-electron chi connectivity index (χ0n) is 17.6. The second-order valence-electron chi connectivity index (χ2n) is 7.81. The van der Waals surface area contributed by atoms with Crippen LogP contribution in [0.1, 0.15) is 23.8 Å². The Morgan fingerprint density at radius 2 is 1.88 bits per heavy atom. The van der Waals surface area contributed by atoms with Gasteiger partial charge in [-0.1, -0.05) is 36.0 Å². The van der Waals surface area contributed by atoms with Gasteiger partial charge in [0, 0.05) is 26.1 Å². The van der Waals surface area contributed by atoms with Crippen molar-refractivity contribution in [2.45, 2.75) is 23.9 Å².